The maximum Gasteiger partial charge on any atom is 0.387 e. The predicted octanol–water partition coefficient (Wildman–Crippen LogP) is 4.49. The summed E-state index contributed by atoms with van der Waals surface area (Å²) in [5.41, 5.74) is 0.678. The van der Waals surface area contributed by atoms with E-state index in [1.165, 1.54) is 52.8 Å². The zero-order chi connectivity index (χ0) is 21.7. The molecule has 30 heavy (non-hydrogen) atoms. The van der Waals surface area contributed by atoms with E-state index in [4.69, 9.17) is 0 Å². The van der Waals surface area contributed by atoms with Crippen molar-refractivity contribution in [2.75, 3.05) is 12.4 Å². The molecule has 0 radical (unpaired) electrons. The number of nitrogens with one attached hydrogen (secondary N) is 1. The Morgan fingerprint density at radius 1 is 1.03 bits per heavy atom. The smallest absolute Gasteiger partial charge is 0.387 e. The molecule has 1 aliphatic rings. The molecule has 1 saturated carbocycles. The highest BCUT2D eigenvalue weighted by Gasteiger charge is 2.28. The fourth-order valence-corrected chi connectivity index (χ4v) is 4.92. The zero-order valence-electron chi connectivity index (χ0n) is 16.6. The molecule has 3 rings (SSSR count). The summed E-state index contributed by atoms with van der Waals surface area (Å²) in [6.07, 6.45) is 4.94. The van der Waals surface area contributed by atoms with Crippen LogP contribution in [0.1, 0.15) is 42.5 Å². The molecule has 6 nitrogen and oxygen atoms in total. The average molecular weight is 438 g/mol. The maximum absolute atomic E-state index is 12.9. The molecule has 2 aromatic rings. The predicted molar refractivity (Wildman–Crippen MR) is 109 cm³/mol. The number of benzene rings is 2. The highest BCUT2D eigenvalue weighted by Crippen LogP contribution is 2.27. The van der Waals surface area contributed by atoms with E-state index in [2.05, 4.69) is 10.1 Å². The first kappa shape index (κ1) is 22.2. The molecular weight excluding hydrogens is 414 g/mol. The second kappa shape index (κ2) is 9.53. The monoisotopic (exact) mass is 438 g/mol. The van der Waals surface area contributed by atoms with Crippen molar-refractivity contribution in [3.63, 3.8) is 0 Å². The van der Waals surface area contributed by atoms with Crippen LogP contribution in [0.4, 0.5) is 14.5 Å². The van der Waals surface area contributed by atoms with E-state index in [0.717, 1.165) is 32.1 Å². The second-order valence-electron chi connectivity index (χ2n) is 7.19. The molecule has 0 saturated heterocycles. The first-order valence-corrected chi connectivity index (χ1v) is 11.2. The standard InChI is InChI=1S/C21H24F2N2O4S/c1-25(17-5-3-2-4-6-17)30(27,28)19-13-9-16(10-14-19)24-20(26)15-7-11-18(12-8-15)29-21(22)23/h7-14,17,21H,2-6H2,1H3,(H,24,26). The van der Waals surface area contributed by atoms with Gasteiger partial charge in [0.15, 0.2) is 0 Å². The molecule has 9 heteroatoms. The van der Waals surface area contributed by atoms with Gasteiger partial charge in [0, 0.05) is 24.3 Å². The fourth-order valence-electron chi connectivity index (χ4n) is 3.51. The van der Waals surface area contributed by atoms with E-state index >= 15 is 0 Å². The number of carbonyl (C=O) groups excluding carboxylic acids is 1. The molecular formula is C21H24F2N2O4S. The quantitative estimate of drug-likeness (QED) is 0.691. The van der Waals surface area contributed by atoms with Gasteiger partial charge in [0.1, 0.15) is 5.75 Å². The van der Waals surface area contributed by atoms with Gasteiger partial charge in [-0.25, -0.2) is 8.42 Å². The minimum atomic E-state index is -3.61. The van der Waals surface area contributed by atoms with E-state index < -0.39 is 22.5 Å². The van der Waals surface area contributed by atoms with Crippen LogP contribution in [0.3, 0.4) is 0 Å². The van der Waals surface area contributed by atoms with Crippen molar-refractivity contribution in [2.45, 2.75) is 49.7 Å². The van der Waals surface area contributed by atoms with Crippen molar-refractivity contribution >= 4 is 21.6 Å². The van der Waals surface area contributed by atoms with Gasteiger partial charge in [-0.2, -0.15) is 13.1 Å². The highest BCUT2D eigenvalue weighted by atomic mass is 32.2. The topological polar surface area (TPSA) is 75.7 Å². The van der Waals surface area contributed by atoms with Crippen LogP contribution in [0.15, 0.2) is 53.4 Å². The Balaban J connectivity index is 1.65. The summed E-state index contributed by atoms with van der Waals surface area (Å²) in [5.74, 6) is -0.494. The lowest BCUT2D eigenvalue weighted by atomic mass is 9.96. The molecule has 0 unspecified atom stereocenters. The van der Waals surface area contributed by atoms with Crippen LogP contribution in [0, 0.1) is 0 Å². The number of nitrogens with zero attached hydrogens (tertiary/aromatic N) is 1. The first-order valence-electron chi connectivity index (χ1n) is 9.72. The molecule has 0 heterocycles. The Morgan fingerprint density at radius 2 is 1.63 bits per heavy atom. The van der Waals surface area contributed by atoms with Gasteiger partial charge in [0.25, 0.3) is 5.91 Å². The second-order valence-corrected chi connectivity index (χ2v) is 9.19. The number of hydrogen-bond acceptors (Lipinski definition) is 4. The third-order valence-corrected chi connectivity index (χ3v) is 7.14. The Kier molecular flexibility index (Phi) is 7.04. The number of anilines is 1. The number of sulfonamides is 1. The molecule has 2 aromatic carbocycles. The number of ether oxygens (including phenoxy) is 1. The molecule has 1 N–H and O–H groups in total. The van der Waals surface area contributed by atoms with Crippen molar-refractivity contribution in [3.05, 3.63) is 54.1 Å². The number of hydrogen-bond donors (Lipinski definition) is 1. The van der Waals surface area contributed by atoms with Crippen LogP contribution < -0.4 is 10.1 Å². The number of carbonyl (C=O) groups is 1. The number of rotatable bonds is 7. The number of amides is 1. The summed E-state index contributed by atoms with van der Waals surface area (Å²) in [6, 6.07) is 11.3. The molecule has 1 aliphatic carbocycles. The lowest BCUT2D eigenvalue weighted by molar-refractivity contribution is -0.0498. The highest BCUT2D eigenvalue weighted by molar-refractivity contribution is 7.89. The van der Waals surface area contributed by atoms with Crippen molar-refractivity contribution in [1.29, 1.82) is 0 Å². The van der Waals surface area contributed by atoms with Gasteiger partial charge in [0.2, 0.25) is 10.0 Å². The summed E-state index contributed by atoms with van der Waals surface area (Å²) < 4.78 is 55.8. The van der Waals surface area contributed by atoms with Gasteiger partial charge in [-0.3, -0.25) is 4.79 Å². The SMILES string of the molecule is CN(C1CCCCC1)S(=O)(=O)c1ccc(NC(=O)c2ccc(OC(F)F)cc2)cc1. The summed E-state index contributed by atoms with van der Waals surface area (Å²) >= 11 is 0. The van der Waals surface area contributed by atoms with Crippen LogP contribution in [0.2, 0.25) is 0 Å². The summed E-state index contributed by atoms with van der Waals surface area (Å²) in [6.45, 7) is -2.93. The van der Waals surface area contributed by atoms with Gasteiger partial charge in [0.05, 0.1) is 4.90 Å². The van der Waals surface area contributed by atoms with Gasteiger partial charge in [-0.05, 0) is 61.4 Å². The molecule has 1 amide bonds. The van der Waals surface area contributed by atoms with Crippen molar-refractivity contribution in [2.24, 2.45) is 0 Å². The van der Waals surface area contributed by atoms with Crippen LogP contribution in [0.25, 0.3) is 0 Å². The van der Waals surface area contributed by atoms with E-state index in [1.54, 1.807) is 7.05 Å². The van der Waals surface area contributed by atoms with Crippen molar-refractivity contribution in [1.82, 2.24) is 4.31 Å². The molecule has 162 valence electrons. The Labute approximate surface area is 174 Å². The van der Waals surface area contributed by atoms with E-state index in [9.17, 15) is 22.0 Å². The Morgan fingerprint density at radius 3 is 2.20 bits per heavy atom. The maximum atomic E-state index is 12.9. The van der Waals surface area contributed by atoms with Crippen LogP contribution in [-0.2, 0) is 10.0 Å². The Hall–Kier alpha value is -2.52. The minimum absolute atomic E-state index is 0.0140. The largest absolute Gasteiger partial charge is 0.435 e. The molecule has 1 fully saturated rings. The van der Waals surface area contributed by atoms with Crippen molar-refractivity contribution < 1.29 is 26.7 Å². The zero-order valence-corrected chi connectivity index (χ0v) is 17.4. The fraction of sp³-hybridized carbons (Fsp3) is 0.381. The third kappa shape index (κ3) is 5.34. The molecule has 0 bridgehead atoms. The average Bonchev–Trinajstić information content (AvgIpc) is 2.74. The van der Waals surface area contributed by atoms with Gasteiger partial charge in [-0.1, -0.05) is 19.3 Å². The van der Waals surface area contributed by atoms with Gasteiger partial charge in [-0.15, -0.1) is 0 Å². The normalized spacial score (nSPS) is 15.4. The number of alkyl halides is 2. The van der Waals surface area contributed by atoms with Crippen LogP contribution in [0.5, 0.6) is 5.75 Å². The van der Waals surface area contributed by atoms with Gasteiger partial charge >= 0.3 is 6.61 Å². The minimum Gasteiger partial charge on any atom is -0.435 e. The molecule has 0 aliphatic heterocycles. The Bertz CT molecular complexity index is 958. The van der Waals surface area contributed by atoms with E-state index in [1.807, 2.05) is 0 Å². The van der Waals surface area contributed by atoms with Crippen molar-refractivity contribution in [3.8, 4) is 5.75 Å². The van der Waals surface area contributed by atoms with E-state index in [0.29, 0.717) is 5.69 Å². The summed E-state index contributed by atoms with van der Waals surface area (Å²) in [5, 5.41) is 2.65. The molecule has 0 aromatic heterocycles. The third-order valence-electron chi connectivity index (χ3n) is 5.22. The van der Waals surface area contributed by atoms with Gasteiger partial charge < -0.3 is 10.1 Å². The summed E-state index contributed by atoms with van der Waals surface area (Å²) in [4.78, 5) is 12.5. The molecule has 0 spiro atoms. The van der Waals surface area contributed by atoms with Crippen LogP contribution in [-0.4, -0.2) is 38.3 Å². The summed E-state index contributed by atoms with van der Waals surface area (Å²) in [7, 11) is -1.99. The van der Waals surface area contributed by atoms with E-state index in [-0.39, 0.29) is 22.3 Å². The van der Waals surface area contributed by atoms with Crippen LogP contribution >= 0.6 is 0 Å². The first-order chi connectivity index (χ1) is 14.3. The number of halogens is 2. The lowest BCUT2D eigenvalue weighted by Crippen LogP contribution is -2.38. The molecule has 0 atom stereocenters. The lowest BCUT2D eigenvalue weighted by Gasteiger charge is -2.30.